The van der Waals surface area contributed by atoms with Crippen LogP contribution in [0.15, 0.2) is 24.3 Å². The maximum atomic E-state index is 13.0. The molecule has 0 saturated heterocycles. The van der Waals surface area contributed by atoms with Crippen LogP contribution in [0.4, 0.5) is 8.78 Å². The molecule has 0 atom stereocenters. The van der Waals surface area contributed by atoms with E-state index >= 15 is 0 Å². The molecule has 0 aliphatic rings. The molecule has 1 aromatic rings. The zero-order chi connectivity index (χ0) is 11.5. The van der Waals surface area contributed by atoms with Gasteiger partial charge in [-0.2, -0.15) is 8.78 Å². The van der Waals surface area contributed by atoms with Crippen LogP contribution in [0, 0.1) is 0 Å². The number of hydrogen-bond acceptors (Lipinski definition) is 1. The summed E-state index contributed by atoms with van der Waals surface area (Å²) in [5, 5.41) is 8.32. The molecule has 0 aromatic heterocycles. The highest BCUT2D eigenvalue weighted by atomic mass is 19.3. The van der Waals surface area contributed by atoms with Gasteiger partial charge < -0.3 is 5.11 Å². The molecule has 0 aliphatic carbocycles. The Labute approximate surface area is 86.5 Å². The summed E-state index contributed by atoms with van der Waals surface area (Å²) in [6.45, 7) is 1.99. The maximum Gasteiger partial charge on any atom is 0.379 e. The molecule has 0 fully saturated rings. The normalized spacial score (nSPS) is 11.4. The van der Waals surface area contributed by atoms with Crippen LogP contribution in [0.25, 0.3) is 0 Å². The summed E-state index contributed by atoms with van der Waals surface area (Å²) in [6, 6.07) is 5.41. The van der Waals surface area contributed by atoms with Crippen molar-refractivity contribution >= 4 is 5.97 Å². The number of benzene rings is 1. The van der Waals surface area contributed by atoms with Crippen molar-refractivity contribution in [2.75, 3.05) is 0 Å². The van der Waals surface area contributed by atoms with E-state index in [2.05, 4.69) is 0 Å². The molecule has 1 aromatic carbocycles. The molecule has 0 bridgehead atoms. The SMILES string of the molecule is CCCc1ccc(C(F)(F)C(=O)O)cc1. The van der Waals surface area contributed by atoms with Crippen LogP contribution >= 0.6 is 0 Å². The van der Waals surface area contributed by atoms with Gasteiger partial charge >= 0.3 is 11.9 Å². The molecule has 1 N–H and O–H groups in total. The number of aliphatic carboxylic acids is 1. The highest BCUT2D eigenvalue weighted by Gasteiger charge is 2.40. The van der Waals surface area contributed by atoms with Crippen LogP contribution in [0.5, 0.6) is 0 Å². The molecule has 2 nitrogen and oxygen atoms in total. The van der Waals surface area contributed by atoms with E-state index in [1.165, 1.54) is 24.3 Å². The van der Waals surface area contributed by atoms with Crippen molar-refractivity contribution in [2.24, 2.45) is 0 Å². The maximum absolute atomic E-state index is 13.0. The summed E-state index contributed by atoms with van der Waals surface area (Å²) < 4.78 is 26.0. The first-order valence-electron chi connectivity index (χ1n) is 4.69. The topological polar surface area (TPSA) is 37.3 Å². The molecular weight excluding hydrogens is 202 g/mol. The fourth-order valence-electron chi connectivity index (χ4n) is 1.29. The van der Waals surface area contributed by atoms with Gasteiger partial charge in [-0.1, -0.05) is 37.6 Å². The van der Waals surface area contributed by atoms with Gasteiger partial charge in [0.1, 0.15) is 0 Å². The number of alkyl halides is 2. The number of halogens is 2. The lowest BCUT2D eigenvalue weighted by Gasteiger charge is -2.11. The number of rotatable bonds is 4. The van der Waals surface area contributed by atoms with E-state index in [9.17, 15) is 13.6 Å². The number of aryl methyl sites for hydroxylation is 1. The largest absolute Gasteiger partial charge is 0.477 e. The molecule has 4 heteroatoms. The van der Waals surface area contributed by atoms with Crippen LogP contribution < -0.4 is 0 Å². The Kier molecular flexibility index (Phi) is 3.39. The lowest BCUT2D eigenvalue weighted by molar-refractivity contribution is -0.166. The van der Waals surface area contributed by atoms with Gasteiger partial charge in [-0.05, 0) is 12.0 Å². The van der Waals surface area contributed by atoms with Crippen LogP contribution in [0.1, 0.15) is 24.5 Å². The molecule has 15 heavy (non-hydrogen) atoms. The van der Waals surface area contributed by atoms with Crippen molar-refractivity contribution in [2.45, 2.75) is 25.7 Å². The van der Waals surface area contributed by atoms with Crippen LogP contribution in [-0.4, -0.2) is 11.1 Å². The van der Waals surface area contributed by atoms with Gasteiger partial charge in [0.15, 0.2) is 0 Å². The highest BCUT2D eigenvalue weighted by Crippen LogP contribution is 2.28. The van der Waals surface area contributed by atoms with Crippen molar-refractivity contribution in [1.29, 1.82) is 0 Å². The number of carbonyl (C=O) groups is 1. The smallest absolute Gasteiger partial charge is 0.379 e. The second kappa shape index (κ2) is 4.38. The number of hydrogen-bond donors (Lipinski definition) is 1. The van der Waals surface area contributed by atoms with Crippen molar-refractivity contribution in [1.82, 2.24) is 0 Å². The third-order valence-corrected chi connectivity index (χ3v) is 2.12. The highest BCUT2D eigenvalue weighted by molar-refractivity contribution is 5.77. The summed E-state index contributed by atoms with van der Waals surface area (Å²) in [5.74, 6) is -5.92. The molecule has 0 heterocycles. The van der Waals surface area contributed by atoms with E-state index in [0.29, 0.717) is 0 Å². The Morgan fingerprint density at radius 3 is 2.27 bits per heavy atom. The van der Waals surface area contributed by atoms with E-state index in [1.54, 1.807) is 0 Å². The number of carboxylic acids is 1. The van der Waals surface area contributed by atoms with E-state index < -0.39 is 17.5 Å². The molecule has 0 spiro atoms. The van der Waals surface area contributed by atoms with Crippen molar-refractivity contribution in [3.05, 3.63) is 35.4 Å². The predicted octanol–water partition coefficient (Wildman–Crippen LogP) is 2.82. The third kappa shape index (κ3) is 2.52. The first-order valence-corrected chi connectivity index (χ1v) is 4.69. The number of carboxylic acid groups (broad SMARTS) is 1. The Hall–Kier alpha value is -1.45. The van der Waals surface area contributed by atoms with E-state index in [4.69, 9.17) is 5.11 Å². The second-order valence-electron chi connectivity index (χ2n) is 3.33. The Morgan fingerprint density at radius 2 is 1.87 bits per heavy atom. The molecule has 0 unspecified atom stereocenters. The monoisotopic (exact) mass is 214 g/mol. The minimum atomic E-state index is -3.80. The van der Waals surface area contributed by atoms with Gasteiger partial charge in [-0.25, -0.2) is 4.79 Å². The Balaban J connectivity index is 2.93. The van der Waals surface area contributed by atoms with Gasteiger partial charge in [-0.15, -0.1) is 0 Å². The molecular formula is C11H12F2O2. The second-order valence-corrected chi connectivity index (χ2v) is 3.33. The van der Waals surface area contributed by atoms with Gasteiger partial charge in [0.25, 0.3) is 0 Å². The average molecular weight is 214 g/mol. The van der Waals surface area contributed by atoms with Gasteiger partial charge in [0.2, 0.25) is 0 Å². The van der Waals surface area contributed by atoms with E-state index in [0.717, 1.165) is 18.4 Å². The van der Waals surface area contributed by atoms with Gasteiger partial charge in [0.05, 0.1) is 0 Å². The van der Waals surface area contributed by atoms with Crippen molar-refractivity contribution < 1.29 is 18.7 Å². The van der Waals surface area contributed by atoms with Crippen LogP contribution in [0.3, 0.4) is 0 Å². The minimum Gasteiger partial charge on any atom is -0.477 e. The lowest BCUT2D eigenvalue weighted by atomic mass is 10.0. The Morgan fingerprint density at radius 1 is 1.33 bits per heavy atom. The van der Waals surface area contributed by atoms with Gasteiger partial charge in [0, 0.05) is 5.56 Å². The van der Waals surface area contributed by atoms with Crippen LogP contribution in [0.2, 0.25) is 0 Å². The molecule has 1 rings (SSSR count). The molecule has 0 radical (unpaired) electrons. The van der Waals surface area contributed by atoms with E-state index in [1.807, 2.05) is 6.92 Å². The summed E-state index contributed by atoms with van der Waals surface area (Å²) in [7, 11) is 0. The average Bonchev–Trinajstić information content (AvgIpc) is 2.19. The third-order valence-electron chi connectivity index (χ3n) is 2.12. The molecule has 82 valence electrons. The zero-order valence-electron chi connectivity index (χ0n) is 8.34. The summed E-state index contributed by atoms with van der Waals surface area (Å²) in [5.41, 5.74) is 0.456. The van der Waals surface area contributed by atoms with E-state index in [-0.39, 0.29) is 0 Å². The first-order chi connectivity index (χ1) is 6.98. The summed E-state index contributed by atoms with van der Waals surface area (Å²) in [4.78, 5) is 10.3. The van der Waals surface area contributed by atoms with Gasteiger partial charge in [-0.3, -0.25) is 0 Å². The Bertz CT molecular complexity index is 344. The summed E-state index contributed by atoms with van der Waals surface area (Å²) >= 11 is 0. The predicted molar refractivity (Wildman–Crippen MR) is 52.0 cm³/mol. The lowest BCUT2D eigenvalue weighted by Crippen LogP contribution is -2.25. The molecule has 0 amide bonds. The molecule has 0 aliphatic heterocycles. The summed E-state index contributed by atoms with van der Waals surface area (Å²) in [6.07, 6.45) is 1.73. The zero-order valence-corrected chi connectivity index (χ0v) is 8.34. The quantitative estimate of drug-likeness (QED) is 0.836. The first kappa shape index (κ1) is 11.6. The standard InChI is InChI=1S/C11H12F2O2/c1-2-3-8-4-6-9(7-5-8)11(12,13)10(14)15/h4-7H,2-3H2,1H3,(H,14,15). The fraction of sp³-hybridized carbons (Fsp3) is 0.364. The minimum absolute atomic E-state index is 0.477. The van der Waals surface area contributed by atoms with Crippen molar-refractivity contribution in [3.8, 4) is 0 Å². The molecule has 0 saturated carbocycles. The van der Waals surface area contributed by atoms with Crippen molar-refractivity contribution in [3.63, 3.8) is 0 Å². The van der Waals surface area contributed by atoms with Crippen LogP contribution in [-0.2, 0) is 17.1 Å². The fourth-order valence-corrected chi connectivity index (χ4v) is 1.29.